The molecule has 1 aliphatic heterocycles. The van der Waals surface area contributed by atoms with E-state index in [4.69, 9.17) is 0 Å². The molecule has 0 radical (unpaired) electrons. The molecule has 2 amide bonds. The molecule has 0 bridgehead atoms. The molecule has 4 nitrogen and oxygen atoms in total. The van der Waals surface area contributed by atoms with Crippen LogP contribution in [0.3, 0.4) is 0 Å². The minimum Gasteiger partial charge on any atom is -0.341 e. The lowest BCUT2D eigenvalue weighted by Gasteiger charge is -2.31. The highest BCUT2D eigenvalue weighted by molar-refractivity contribution is 5.88. The van der Waals surface area contributed by atoms with Gasteiger partial charge in [-0.1, -0.05) is 44.2 Å². The van der Waals surface area contributed by atoms with E-state index in [1.54, 1.807) is 0 Å². The van der Waals surface area contributed by atoms with E-state index in [-0.39, 0.29) is 17.9 Å². The van der Waals surface area contributed by atoms with Gasteiger partial charge in [0.25, 0.3) is 0 Å². The Balaban J connectivity index is 2.24. The third kappa shape index (κ3) is 3.63. The van der Waals surface area contributed by atoms with Gasteiger partial charge in [0.15, 0.2) is 0 Å². The third-order valence-corrected chi connectivity index (χ3v) is 4.08. The van der Waals surface area contributed by atoms with Crippen LogP contribution >= 0.6 is 0 Å². The smallest absolute Gasteiger partial charge is 0.250 e. The minimum absolute atomic E-state index is 0.00704. The number of carbonyl (C=O) groups excluding carboxylic acids is 2. The van der Waals surface area contributed by atoms with Gasteiger partial charge in [-0.3, -0.25) is 9.59 Å². The number of rotatable bonds is 4. The predicted molar refractivity (Wildman–Crippen MR) is 82.6 cm³/mol. The van der Waals surface area contributed by atoms with E-state index in [2.05, 4.69) is 19.2 Å². The second-order valence-electron chi connectivity index (χ2n) is 6.03. The summed E-state index contributed by atoms with van der Waals surface area (Å²) in [4.78, 5) is 26.3. The molecule has 2 rings (SSSR count). The van der Waals surface area contributed by atoms with Crippen molar-refractivity contribution in [3.63, 3.8) is 0 Å². The lowest BCUT2D eigenvalue weighted by Crippen LogP contribution is -2.46. The van der Waals surface area contributed by atoms with Crippen molar-refractivity contribution in [2.24, 2.45) is 5.92 Å². The molecule has 0 spiro atoms. The molecule has 1 aliphatic rings. The average Bonchev–Trinajstić information content (AvgIpc) is 2.94. The second kappa shape index (κ2) is 6.74. The molecule has 21 heavy (non-hydrogen) atoms. The quantitative estimate of drug-likeness (QED) is 0.925. The molecule has 0 aliphatic carbocycles. The zero-order valence-electron chi connectivity index (χ0n) is 13.0. The highest BCUT2D eigenvalue weighted by Crippen LogP contribution is 2.27. The van der Waals surface area contributed by atoms with Crippen LogP contribution in [0, 0.1) is 5.92 Å². The van der Waals surface area contributed by atoms with Crippen molar-refractivity contribution >= 4 is 11.8 Å². The van der Waals surface area contributed by atoms with Crippen LogP contribution in [0.15, 0.2) is 30.3 Å². The van der Waals surface area contributed by atoms with Crippen LogP contribution in [0.25, 0.3) is 0 Å². The normalized spacial score (nSPS) is 19.6. The Morgan fingerprint density at radius 3 is 2.48 bits per heavy atom. The zero-order chi connectivity index (χ0) is 15.4. The van der Waals surface area contributed by atoms with Crippen LogP contribution in [-0.4, -0.2) is 29.3 Å². The first-order valence-electron chi connectivity index (χ1n) is 7.63. The first-order chi connectivity index (χ1) is 10.0. The summed E-state index contributed by atoms with van der Waals surface area (Å²) in [6.45, 7) is 6.52. The van der Waals surface area contributed by atoms with Crippen molar-refractivity contribution in [2.45, 2.75) is 45.7 Å². The van der Waals surface area contributed by atoms with Crippen molar-refractivity contribution in [3.8, 4) is 0 Å². The van der Waals surface area contributed by atoms with Crippen LogP contribution in [0.5, 0.6) is 0 Å². The largest absolute Gasteiger partial charge is 0.341 e. The van der Waals surface area contributed by atoms with E-state index in [1.165, 1.54) is 6.92 Å². The van der Waals surface area contributed by atoms with Gasteiger partial charge in [0.05, 0.1) is 0 Å². The Morgan fingerprint density at radius 2 is 1.90 bits per heavy atom. The lowest BCUT2D eigenvalue weighted by atomic mass is 10.00. The van der Waals surface area contributed by atoms with Gasteiger partial charge >= 0.3 is 0 Å². The number of likely N-dealkylation sites (tertiary alicyclic amines) is 1. The van der Waals surface area contributed by atoms with Gasteiger partial charge in [0, 0.05) is 19.5 Å². The topological polar surface area (TPSA) is 49.4 Å². The minimum atomic E-state index is -0.581. The molecular formula is C17H24N2O2. The monoisotopic (exact) mass is 288 g/mol. The van der Waals surface area contributed by atoms with Gasteiger partial charge in [-0.25, -0.2) is 0 Å². The maximum absolute atomic E-state index is 12.9. The van der Waals surface area contributed by atoms with Crippen LogP contribution in [0.2, 0.25) is 0 Å². The van der Waals surface area contributed by atoms with Crippen LogP contribution in [0.4, 0.5) is 0 Å². The fourth-order valence-corrected chi connectivity index (χ4v) is 3.06. The Kier molecular flexibility index (Phi) is 4.99. The molecule has 1 saturated heterocycles. The van der Waals surface area contributed by atoms with Crippen LogP contribution in [0.1, 0.15) is 45.2 Å². The summed E-state index contributed by atoms with van der Waals surface area (Å²) in [5.74, 6) is 0.260. The lowest BCUT2D eigenvalue weighted by molar-refractivity contribution is -0.137. The fourth-order valence-electron chi connectivity index (χ4n) is 3.06. The molecular weight excluding hydrogens is 264 g/mol. The Labute approximate surface area is 126 Å². The van der Waals surface area contributed by atoms with Gasteiger partial charge < -0.3 is 10.2 Å². The van der Waals surface area contributed by atoms with Crippen molar-refractivity contribution in [1.82, 2.24) is 10.2 Å². The molecule has 0 aromatic heterocycles. The van der Waals surface area contributed by atoms with Gasteiger partial charge in [-0.2, -0.15) is 0 Å². The molecule has 1 aromatic carbocycles. The Hall–Kier alpha value is -1.84. The number of benzene rings is 1. The summed E-state index contributed by atoms with van der Waals surface area (Å²) in [5.41, 5.74) is 0.840. The number of carbonyl (C=O) groups is 2. The summed E-state index contributed by atoms with van der Waals surface area (Å²) >= 11 is 0. The second-order valence-corrected chi connectivity index (χ2v) is 6.03. The summed E-state index contributed by atoms with van der Waals surface area (Å²) in [6.07, 6.45) is 2.08. The van der Waals surface area contributed by atoms with E-state index in [0.717, 1.165) is 24.9 Å². The summed E-state index contributed by atoms with van der Waals surface area (Å²) < 4.78 is 0. The standard InChI is InChI=1S/C17H24N2O2/c1-12(2)15-10-7-11-19(15)17(21)16(18-13(3)20)14-8-5-4-6-9-14/h4-6,8-9,12,15-16H,7,10-11H2,1-3H3,(H,18,20)/t15?,16-/m0/s1. The van der Waals surface area contributed by atoms with E-state index in [9.17, 15) is 9.59 Å². The summed E-state index contributed by atoms with van der Waals surface area (Å²) in [5, 5.41) is 2.80. The van der Waals surface area contributed by atoms with Crippen molar-refractivity contribution < 1.29 is 9.59 Å². The molecule has 1 unspecified atom stereocenters. The first kappa shape index (κ1) is 15.5. The molecule has 114 valence electrons. The van der Waals surface area contributed by atoms with Gasteiger partial charge in [0.2, 0.25) is 11.8 Å². The van der Waals surface area contributed by atoms with Crippen LogP contribution < -0.4 is 5.32 Å². The zero-order valence-corrected chi connectivity index (χ0v) is 13.0. The third-order valence-electron chi connectivity index (χ3n) is 4.08. The Bertz CT molecular complexity index is 499. The highest BCUT2D eigenvalue weighted by atomic mass is 16.2. The number of hydrogen-bond donors (Lipinski definition) is 1. The number of nitrogens with zero attached hydrogens (tertiary/aromatic N) is 1. The molecule has 4 heteroatoms. The van der Waals surface area contributed by atoms with E-state index >= 15 is 0 Å². The van der Waals surface area contributed by atoms with E-state index in [0.29, 0.717) is 5.92 Å². The number of amides is 2. The molecule has 1 N–H and O–H groups in total. The molecule has 1 fully saturated rings. The number of nitrogens with one attached hydrogen (secondary N) is 1. The SMILES string of the molecule is CC(=O)N[C@H](C(=O)N1CCCC1C(C)C)c1ccccc1. The van der Waals surface area contributed by atoms with E-state index < -0.39 is 6.04 Å². The summed E-state index contributed by atoms with van der Waals surface area (Å²) in [6, 6.07) is 9.16. The maximum Gasteiger partial charge on any atom is 0.250 e. The first-order valence-corrected chi connectivity index (χ1v) is 7.63. The van der Waals surface area contributed by atoms with Gasteiger partial charge in [0.1, 0.15) is 6.04 Å². The summed E-state index contributed by atoms with van der Waals surface area (Å²) in [7, 11) is 0. The van der Waals surface area contributed by atoms with E-state index in [1.807, 2.05) is 35.2 Å². The Morgan fingerprint density at radius 1 is 1.24 bits per heavy atom. The molecule has 0 saturated carbocycles. The molecule has 2 atom stereocenters. The van der Waals surface area contributed by atoms with Gasteiger partial charge in [-0.15, -0.1) is 0 Å². The van der Waals surface area contributed by atoms with Crippen molar-refractivity contribution in [3.05, 3.63) is 35.9 Å². The fraction of sp³-hybridized carbons (Fsp3) is 0.529. The highest BCUT2D eigenvalue weighted by Gasteiger charge is 2.35. The van der Waals surface area contributed by atoms with Crippen molar-refractivity contribution in [1.29, 1.82) is 0 Å². The maximum atomic E-state index is 12.9. The van der Waals surface area contributed by atoms with Crippen LogP contribution in [-0.2, 0) is 9.59 Å². The molecule has 1 heterocycles. The number of hydrogen-bond acceptors (Lipinski definition) is 2. The van der Waals surface area contributed by atoms with Gasteiger partial charge in [-0.05, 0) is 24.3 Å². The average molecular weight is 288 g/mol. The van der Waals surface area contributed by atoms with Crippen molar-refractivity contribution in [2.75, 3.05) is 6.54 Å². The molecule has 1 aromatic rings. The predicted octanol–water partition coefficient (Wildman–Crippen LogP) is 2.51.